The van der Waals surface area contributed by atoms with Crippen molar-refractivity contribution < 1.29 is 35.9 Å². The summed E-state index contributed by atoms with van der Waals surface area (Å²) in [7, 11) is -1.29. The van der Waals surface area contributed by atoms with Gasteiger partial charge < -0.3 is 14.4 Å². The lowest BCUT2D eigenvalue weighted by Gasteiger charge is -2.32. The van der Waals surface area contributed by atoms with Crippen LogP contribution in [0.3, 0.4) is 0 Å². The number of nitrogens with zero attached hydrogens (tertiary/aromatic N) is 2. The largest absolute Gasteiger partial charge is 0.493 e. The normalized spacial score (nSPS) is 14.3. The number of hydrogen-bond acceptors (Lipinski definition) is 5. The second-order valence-electron chi connectivity index (χ2n) is 8.76. The lowest BCUT2D eigenvalue weighted by atomic mass is 9.98. The number of ether oxygens (including phenoxy) is 2. The van der Waals surface area contributed by atoms with E-state index in [2.05, 4.69) is 0 Å². The van der Waals surface area contributed by atoms with Gasteiger partial charge in [-0.15, -0.1) is 0 Å². The molecule has 0 aliphatic carbocycles. The molecular formula is C24H29F3N2O5S. The van der Waals surface area contributed by atoms with E-state index in [9.17, 15) is 26.4 Å². The molecule has 0 atom stereocenters. The highest BCUT2D eigenvalue weighted by molar-refractivity contribution is 7.89. The van der Waals surface area contributed by atoms with E-state index in [0.29, 0.717) is 30.5 Å². The number of amides is 1. The maximum Gasteiger partial charge on any atom is 0.416 e. The first-order valence-corrected chi connectivity index (χ1v) is 12.5. The predicted octanol–water partition coefficient (Wildman–Crippen LogP) is 3.95. The smallest absolute Gasteiger partial charge is 0.416 e. The number of alkyl halides is 3. The Morgan fingerprint density at radius 2 is 1.71 bits per heavy atom. The zero-order valence-corrected chi connectivity index (χ0v) is 20.9. The third-order valence-electron chi connectivity index (χ3n) is 5.75. The number of halogens is 3. The lowest BCUT2D eigenvalue weighted by molar-refractivity contribution is -0.137. The van der Waals surface area contributed by atoms with E-state index in [-0.39, 0.29) is 19.0 Å². The summed E-state index contributed by atoms with van der Waals surface area (Å²) in [6.45, 7) is 3.69. The molecule has 192 valence electrons. The maximum absolute atomic E-state index is 13.3. The molecule has 1 aliphatic rings. The Morgan fingerprint density at radius 1 is 1.09 bits per heavy atom. The molecule has 0 bridgehead atoms. The average molecular weight is 515 g/mol. The van der Waals surface area contributed by atoms with Gasteiger partial charge in [0, 0.05) is 19.6 Å². The molecule has 35 heavy (non-hydrogen) atoms. The van der Waals surface area contributed by atoms with E-state index in [1.54, 1.807) is 24.8 Å². The highest BCUT2D eigenvalue weighted by Crippen LogP contribution is 2.34. The van der Waals surface area contributed by atoms with Crippen LogP contribution in [0.2, 0.25) is 0 Å². The number of sulfonamides is 1. The zero-order chi connectivity index (χ0) is 26.0. The molecule has 3 rings (SSSR count). The molecule has 0 unspecified atom stereocenters. The summed E-state index contributed by atoms with van der Waals surface area (Å²) in [4.78, 5) is 14.2. The maximum atomic E-state index is 13.3. The van der Waals surface area contributed by atoms with E-state index < -0.39 is 39.1 Å². The van der Waals surface area contributed by atoms with Gasteiger partial charge in [-0.2, -0.15) is 17.5 Å². The van der Waals surface area contributed by atoms with Gasteiger partial charge in [-0.3, -0.25) is 4.79 Å². The summed E-state index contributed by atoms with van der Waals surface area (Å²) < 4.78 is 77.6. The van der Waals surface area contributed by atoms with Gasteiger partial charge in [0.25, 0.3) is 0 Å². The van der Waals surface area contributed by atoms with Crippen molar-refractivity contribution in [3.05, 3.63) is 53.1 Å². The van der Waals surface area contributed by atoms with Crippen LogP contribution in [0, 0.1) is 5.92 Å². The summed E-state index contributed by atoms with van der Waals surface area (Å²) in [5.41, 5.74) is 0.798. The number of benzene rings is 2. The zero-order valence-electron chi connectivity index (χ0n) is 20.1. The monoisotopic (exact) mass is 514 g/mol. The number of carbonyl (C=O) groups is 1. The Kier molecular flexibility index (Phi) is 8.00. The number of carbonyl (C=O) groups excluding carboxylic acids is 1. The molecule has 11 heteroatoms. The molecule has 0 aromatic heterocycles. The average Bonchev–Trinajstić information content (AvgIpc) is 2.81. The van der Waals surface area contributed by atoms with Crippen LogP contribution in [0.1, 0.15) is 30.5 Å². The quantitative estimate of drug-likeness (QED) is 0.533. The molecule has 0 N–H and O–H groups in total. The number of rotatable bonds is 8. The molecule has 0 fully saturated rings. The molecule has 7 nitrogen and oxygen atoms in total. The Hall–Kier alpha value is -2.79. The molecule has 0 saturated heterocycles. The summed E-state index contributed by atoms with van der Waals surface area (Å²) in [6, 6.07) is 7.22. The van der Waals surface area contributed by atoms with Crippen LogP contribution >= 0.6 is 0 Å². The first-order valence-electron chi connectivity index (χ1n) is 11.1. The Balaban J connectivity index is 1.85. The Bertz CT molecular complexity index is 1180. The van der Waals surface area contributed by atoms with Gasteiger partial charge in [0.05, 0.1) is 31.2 Å². The fourth-order valence-corrected chi connectivity index (χ4v) is 5.58. The van der Waals surface area contributed by atoms with Crippen LogP contribution in [-0.4, -0.2) is 57.4 Å². The van der Waals surface area contributed by atoms with Crippen LogP contribution in [0.25, 0.3) is 0 Å². The molecule has 2 aromatic rings. The summed E-state index contributed by atoms with van der Waals surface area (Å²) >= 11 is 0. The van der Waals surface area contributed by atoms with Gasteiger partial charge in [0.1, 0.15) is 0 Å². The lowest BCUT2D eigenvalue weighted by Crippen LogP contribution is -2.45. The Morgan fingerprint density at radius 3 is 2.29 bits per heavy atom. The van der Waals surface area contributed by atoms with Crippen molar-refractivity contribution in [3.63, 3.8) is 0 Å². The first-order chi connectivity index (χ1) is 16.4. The van der Waals surface area contributed by atoms with Gasteiger partial charge in [-0.05, 0) is 53.8 Å². The van der Waals surface area contributed by atoms with Crippen molar-refractivity contribution in [1.82, 2.24) is 9.21 Å². The summed E-state index contributed by atoms with van der Waals surface area (Å²) in [6.07, 6.45) is -4.14. The Labute approximate surface area is 203 Å². The highest BCUT2D eigenvalue weighted by atomic mass is 32.2. The van der Waals surface area contributed by atoms with Crippen LogP contribution < -0.4 is 9.47 Å². The second kappa shape index (κ2) is 10.4. The summed E-state index contributed by atoms with van der Waals surface area (Å²) in [5.74, 6) is 0.527. The van der Waals surface area contributed by atoms with E-state index in [4.69, 9.17) is 9.47 Å². The van der Waals surface area contributed by atoms with Crippen LogP contribution in [0.15, 0.2) is 41.3 Å². The van der Waals surface area contributed by atoms with Crippen molar-refractivity contribution in [2.45, 2.75) is 37.9 Å². The predicted molar refractivity (Wildman–Crippen MR) is 124 cm³/mol. The number of hydrogen-bond donors (Lipinski definition) is 0. The fourth-order valence-electron chi connectivity index (χ4n) is 3.98. The standard InChI is InChI=1S/C24H29F3N2O5S/c1-16(2)13-29(35(31,32)20-7-5-6-19(12-20)24(25,26)27)15-23(30)28-9-8-17-10-21(33-3)22(34-4)11-18(17)14-28/h5-7,10-12,16H,8-9,13-15H2,1-4H3. The third-order valence-corrected chi connectivity index (χ3v) is 7.56. The van der Waals surface area contributed by atoms with Crippen molar-refractivity contribution in [2.24, 2.45) is 5.92 Å². The van der Waals surface area contributed by atoms with Crippen LogP contribution in [0.4, 0.5) is 13.2 Å². The molecule has 1 amide bonds. The fraction of sp³-hybridized carbons (Fsp3) is 0.458. The van der Waals surface area contributed by atoms with Crippen LogP contribution in [-0.2, 0) is 34.0 Å². The van der Waals surface area contributed by atoms with Crippen molar-refractivity contribution in [1.29, 1.82) is 0 Å². The molecule has 1 heterocycles. The van der Waals surface area contributed by atoms with Gasteiger partial charge >= 0.3 is 6.18 Å². The molecule has 1 aliphatic heterocycles. The van der Waals surface area contributed by atoms with Crippen molar-refractivity contribution in [2.75, 3.05) is 33.9 Å². The van der Waals surface area contributed by atoms with Gasteiger partial charge in [-0.1, -0.05) is 19.9 Å². The SMILES string of the molecule is COc1cc2c(cc1OC)CN(C(=O)CN(CC(C)C)S(=O)(=O)c1cccc(C(F)(F)F)c1)CC2. The minimum Gasteiger partial charge on any atom is -0.493 e. The van der Waals surface area contributed by atoms with Crippen molar-refractivity contribution in [3.8, 4) is 11.5 Å². The van der Waals surface area contributed by atoms with E-state index in [1.165, 1.54) is 14.2 Å². The number of methoxy groups -OCH3 is 2. The van der Waals surface area contributed by atoms with Crippen LogP contribution in [0.5, 0.6) is 11.5 Å². The molecule has 2 aromatic carbocycles. The minimum atomic E-state index is -4.69. The van der Waals surface area contributed by atoms with Gasteiger partial charge in [-0.25, -0.2) is 8.42 Å². The van der Waals surface area contributed by atoms with E-state index in [0.717, 1.165) is 33.6 Å². The van der Waals surface area contributed by atoms with Crippen molar-refractivity contribution >= 4 is 15.9 Å². The van der Waals surface area contributed by atoms with Gasteiger partial charge in [0.2, 0.25) is 15.9 Å². The third kappa shape index (κ3) is 6.07. The first kappa shape index (κ1) is 26.8. The van der Waals surface area contributed by atoms with Gasteiger partial charge in [0.15, 0.2) is 11.5 Å². The topological polar surface area (TPSA) is 76.2 Å². The molecule has 0 saturated carbocycles. The molecule has 0 radical (unpaired) electrons. The summed E-state index contributed by atoms with van der Waals surface area (Å²) in [5, 5.41) is 0. The second-order valence-corrected chi connectivity index (χ2v) is 10.7. The van der Waals surface area contributed by atoms with E-state index in [1.807, 2.05) is 6.07 Å². The molecular weight excluding hydrogens is 485 g/mol. The molecule has 0 spiro atoms. The highest BCUT2D eigenvalue weighted by Gasteiger charge is 2.34. The number of fused-ring (bicyclic) bond motifs is 1. The van der Waals surface area contributed by atoms with E-state index >= 15 is 0 Å². The minimum absolute atomic E-state index is 0.0141.